The minimum atomic E-state index is -0.964. The van der Waals surface area contributed by atoms with Crippen LogP contribution in [0.1, 0.15) is 27.6 Å². The molecule has 0 aromatic carbocycles. The molecular formula is C14H13Br2N3O3. The predicted molar refractivity (Wildman–Crippen MR) is 88.8 cm³/mol. The Morgan fingerprint density at radius 3 is 1.95 bits per heavy atom. The van der Waals surface area contributed by atoms with Gasteiger partial charge in [-0.25, -0.2) is 4.79 Å². The number of aromatic carboxylic acids is 1. The smallest absolute Gasteiger partial charge is 0.337 e. The fourth-order valence-electron chi connectivity index (χ4n) is 1.33. The van der Waals surface area contributed by atoms with E-state index in [0.29, 0.717) is 16.6 Å². The zero-order valence-corrected chi connectivity index (χ0v) is 14.8. The Morgan fingerprint density at radius 1 is 1.05 bits per heavy atom. The summed E-state index contributed by atoms with van der Waals surface area (Å²) < 4.78 is 1.48. The van der Waals surface area contributed by atoms with E-state index in [0.717, 1.165) is 4.47 Å². The van der Waals surface area contributed by atoms with Crippen molar-refractivity contribution in [1.82, 2.24) is 15.3 Å². The number of halogens is 2. The number of rotatable bonds is 3. The van der Waals surface area contributed by atoms with Crippen molar-refractivity contribution in [3.63, 3.8) is 0 Å². The molecule has 22 heavy (non-hydrogen) atoms. The lowest BCUT2D eigenvalue weighted by molar-refractivity contribution is 0.0696. The Morgan fingerprint density at radius 2 is 1.55 bits per heavy atom. The Bertz CT molecular complexity index is 665. The highest BCUT2D eigenvalue weighted by molar-refractivity contribution is 9.10. The first-order chi connectivity index (χ1) is 10.4. The van der Waals surface area contributed by atoms with Gasteiger partial charge in [-0.3, -0.25) is 14.8 Å². The van der Waals surface area contributed by atoms with Crippen molar-refractivity contribution in [2.75, 3.05) is 6.54 Å². The second-order valence-corrected chi connectivity index (χ2v) is 5.78. The third-order valence-electron chi connectivity index (χ3n) is 2.26. The molecule has 8 heteroatoms. The number of nitrogens with one attached hydrogen (secondary N) is 1. The van der Waals surface area contributed by atoms with Crippen molar-refractivity contribution >= 4 is 43.7 Å². The minimum absolute atomic E-state index is 0.0914. The van der Waals surface area contributed by atoms with Gasteiger partial charge in [0.1, 0.15) is 0 Å². The van der Waals surface area contributed by atoms with E-state index in [-0.39, 0.29) is 11.5 Å². The SMILES string of the molecule is CCNC(=O)c1cncc(Br)c1.O=C(O)c1cncc(Br)c1. The van der Waals surface area contributed by atoms with Crippen LogP contribution in [0.3, 0.4) is 0 Å². The second kappa shape index (κ2) is 9.26. The summed E-state index contributed by atoms with van der Waals surface area (Å²) in [4.78, 5) is 29.1. The summed E-state index contributed by atoms with van der Waals surface area (Å²) in [6.07, 6.45) is 6.01. The molecule has 2 aromatic rings. The number of carboxylic acid groups (broad SMARTS) is 1. The number of carboxylic acids is 1. The van der Waals surface area contributed by atoms with Crippen LogP contribution in [-0.2, 0) is 0 Å². The second-order valence-electron chi connectivity index (χ2n) is 3.95. The highest BCUT2D eigenvalue weighted by atomic mass is 79.9. The van der Waals surface area contributed by atoms with Crippen molar-refractivity contribution < 1.29 is 14.7 Å². The average molecular weight is 431 g/mol. The molecule has 116 valence electrons. The number of amides is 1. The highest BCUT2D eigenvalue weighted by Crippen LogP contribution is 2.09. The topological polar surface area (TPSA) is 92.2 Å². The molecule has 0 atom stereocenters. The standard InChI is InChI=1S/C8H9BrN2O.C6H4BrNO2/c1-2-11-8(12)6-3-7(9)5-10-4-6;7-5-1-4(6(9)10)2-8-3-5/h3-5H,2H2,1H3,(H,11,12);1-3H,(H,9,10). The van der Waals surface area contributed by atoms with Crippen LogP contribution in [0.4, 0.5) is 0 Å². The summed E-state index contributed by atoms with van der Waals surface area (Å²) >= 11 is 6.34. The number of aromatic nitrogens is 2. The summed E-state index contributed by atoms with van der Waals surface area (Å²) in [5, 5.41) is 11.1. The first kappa shape index (κ1) is 18.2. The Kier molecular flexibility index (Phi) is 7.69. The maximum Gasteiger partial charge on any atom is 0.337 e. The summed E-state index contributed by atoms with van der Waals surface area (Å²) in [6.45, 7) is 2.51. The van der Waals surface area contributed by atoms with Crippen LogP contribution < -0.4 is 5.32 Å². The lowest BCUT2D eigenvalue weighted by atomic mass is 10.3. The van der Waals surface area contributed by atoms with Crippen LogP contribution in [0.5, 0.6) is 0 Å². The van der Waals surface area contributed by atoms with Gasteiger partial charge >= 0.3 is 5.97 Å². The molecule has 2 N–H and O–H groups in total. The molecule has 0 saturated heterocycles. The van der Waals surface area contributed by atoms with E-state index in [1.807, 2.05) is 6.92 Å². The van der Waals surface area contributed by atoms with Gasteiger partial charge in [0, 0.05) is 40.3 Å². The zero-order valence-electron chi connectivity index (χ0n) is 11.6. The van der Waals surface area contributed by atoms with Gasteiger partial charge in [-0.05, 0) is 50.9 Å². The van der Waals surface area contributed by atoms with Crippen molar-refractivity contribution in [3.8, 4) is 0 Å². The summed E-state index contributed by atoms with van der Waals surface area (Å²) in [5.74, 6) is -1.06. The van der Waals surface area contributed by atoms with Crippen molar-refractivity contribution in [3.05, 3.63) is 57.0 Å². The quantitative estimate of drug-likeness (QED) is 0.780. The van der Waals surface area contributed by atoms with Gasteiger partial charge in [0.15, 0.2) is 0 Å². The fourth-order valence-corrected chi connectivity index (χ4v) is 2.06. The van der Waals surface area contributed by atoms with Crippen molar-refractivity contribution in [2.24, 2.45) is 0 Å². The lowest BCUT2D eigenvalue weighted by Gasteiger charge is -2.00. The molecule has 1 amide bonds. The number of hydrogen-bond donors (Lipinski definition) is 2. The molecule has 0 spiro atoms. The van der Waals surface area contributed by atoms with Gasteiger partial charge in [0.2, 0.25) is 0 Å². The van der Waals surface area contributed by atoms with Crippen LogP contribution in [0.25, 0.3) is 0 Å². The number of hydrogen-bond acceptors (Lipinski definition) is 4. The Hall–Kier alpha value is -1.80. The maximum absolute atomic E-state index is 11.2. The monoisotopic (exact) mass is 429 g/mol. The van der Waals surface area contributed by atoms with Gasteiger partial charge in [-0.1, -0.05) is 0 Å². The molecule has 2 rings (SSSR count). The molecule has 0 fully saturated rings. The van der Waals surface area contributed by atoms with E-state index in [4.69, 9.17) is 5.11 Å². The molecular weight excluding hydrogens is 418 g/mol. The minimum Gasteiger partial charge on any atom is -0.478 e. The number of nitrogens with zero attached hydrogens (tertiary/aromatic N) is 2. The van der Waals surface area contributed by atoms with Crippen molar-refractivity contribution in [2.45, 2.75) is 6.92 Å². The van der Waals surface area contributed by atoms with E-state index in [9.17, 15) is 9.59 Å². The zero-order chi connectivity index (χ0) is 16.5. The molecule has 2 heterocycles. The first-order valence-corrected chi connectivity index (χ1v) is 7.75. The van der Waals surface area contributed by atoms with Crippen LogP contribution in [0.2, 0.25) is 0 Å². The lowest BCUT2D eigenvalue weighted by Crippen LogP contribution is -2.22. The molecule has 6 nitrogen and oxygen atoms in total. The molecule has 0 bridgehead atoms. The van der Waals surface area contributed by atoms with Gasteiger partial charge in [-0.2, -0.15) is 0 Å². The fraction of sp³-hybridized carbons (Fsp3) is 0.143. The number of carbonyl (C=O) groups excluding carboxylic acids is 1. The average Bonchev–Trinajstić information content (AvgIpc) is 2.48. The number of pyridine rings is 2. The van der Waals surface area contributed by atoms with Crippen LogP contribution in [0, 0.1) is 0 Å². The maximum atomic E-state index is 11.2. The van der Waals surface area contributed by atoms with Gasteiger partial charge in [0.05, 0.1) is 11.1 Å². The van der Waals surface area contributed by atoms with Gasteiger partial charge in [-0.15, -0.1) is 0 Å². The van der Waals surface area contributed by atoms with E-state index < -0.39 is 5.97 Å². The normalized spacial score (nSPS) is 9.41. The molecule has 0 aliphatic heterocycles. The Balaban J connectivity index is 0.000000224. The summed E-state index contributed by atoms with van der Waals surface area (Å²) in [7, 11) is 0. The van der Waals surface area contributed by atoms with E-state index in [1.165, 1.54) is 24.7 Å². The summed E-state index contributed by atoms with van der Waals surface area (Å²) in [5.41, 5.74) is 0.764. The summed E-state index contributed by atoms with van der Waals surface area (Å²) in [6, 6.07) is 3.23. The molecule has 0 unspecified atom stereocenters. The van der Waals surface area contributed by atoms with Crippen LogP contribution in [-0.4, -0.2) is 33.5 Å². The highest BCUT2D eigenvalue weighted by Gasteiger charge is 2.03. The van der Waals surface area contributed by atoms with E-state index in [2.05, 4.69) is 47.1 Å². The van der Waals surface area contributed by atoms with Gasteiger partial charge in [0.25, 0.3) is 5.91 Å². The predicted octanol–water partition coefficient (Wildman–Crippen LogP) is 3.14. The molecule has 0 radical (unpaired) electrons. The van der Waals surface area contributed by atoms with Crippen molar-refractivity contribution in [1.29, 1.82) is 0 Å². The molecule has 0 aliphatic rings. The van der Waals surface area contributed by atoms with E-state index >= 15 is 0 Å². The van der Waals surface area contributed by atoms with Crippen LogP contribution >= 0.6 is 31.9 Å². The van der Waals surface area contributed by atoms with E-state index in [1.54, 1.807) is 12.3 Å². The Labute approximate surface area is 144 Å². The first-order valence-electron chi connectivity index (χ1n) is 6.16. The van der Waals surface area contributed by atoms with Crippen LogP contribution in [0.15, 0.2) is 45.9 Å². The third kappa shape index (κ3) is 6.31. The molecule has 0 aliphatic carbocycles. The largest absolute Gasteiger partial charge is 0.478 e. The third-order valence-corrected chi connectivity index (χ3v) is 3.12. The van der Waals surface area contributed by atoms with Gasteiger partial charge < -0.3 is 10.4 Å². The molecule has 2 aromatic heterocycles. The number of carbonyl (C=O) groups is 2. The molecule has 0 saturated carbocycles.